The van der Waals surface area contributed by atoms with E-state index in [0.717, 1.165) is 30.7 Å². The normalized spacial score (nSPS) is 18.1. The summed E-state index contributed by atoms with van der Waals surface area (Å²) in [6, 6.07) is 5.55. The molecule has 1 aromatic carbocycles. The van der Waals surface area contributed by atoms with Crippen molar-refractivity contribution >= 4 is 11.7 Å². The fourth-order valence-electron chi connectivity index (χ4n) is 2.51. The van der Waals surface area contributed by atoms with Gasteiger partial charge in [0.15, 0.2) is 0 Å². The zero-order chi connectivity index (χ0) is 15.2. The van der Waals surface area contributed by atoms with Gasteiger partial charge in [-0.25, -0.2) is 4.79 Å². The summed E-state index contributed by atoms with van der Waals surface area (Å²) in [4.78, 5) is 14.0. The summed E-state index contributed by atoms with van der Waals surface area (Å²) in [5, 5.41) is 2.93. The van der Waals surface area contributed by atoms with Gasteiger partial charge in [0.05, 0.1) is 18.9 Å². The summed E-state index contributed by atoms with van der Waals surface area (Å²) in [6.07, 6.45) is 3.46. The Labute approximate surface area is 126 Å². The van der Waals surface area contributed by atoms with E-state index in [4.69, 9.17) is 9.47 Å². The van der Waals surface area contributed by atoms with E-state index in [1.807, 2.05) is 25.1 Å². The molecule has 2 amide bonds. The SMILES string of the molecule is COc1cccc(C)c1NC(=O)N(C)CC1CCCCO1. The molecule has 0 bridgehead atoms. The Morgan fingerprint density at radius 2 is 2.29 bits per heavy atom. The summed E-state index contributed by atoms with van der Waals surface area (Å²) in [7, 11) is 3.39. The zero-order valence-corrected chi connectivity index (χ0v) is 13.0. The van der Waals surface area contributed by atoms with Crippen LogP contribution in [0.15, 0.2) is 18.2 Å². The second kappa shape index (κ2) is 7.31. The summed E-state index contributed by atoms with van der Waals surface area (Å²) in [5.74, 6) is 0.672. The molecule has 21 heavy (non-hydrogen) atoms. The number of nitrogens with one attached hydrogen (secondary N) is 1. The van der Waals surface area contributed by atoms with Crippen LogP contribution in [0.1, 0.15) is 24.8 Å². The van der Waals surface area contributed by atoms with Gasteiger partial charge in [0, 0.05) is 20.2 Å². The number of hydrogen-bond donors (Lipinski definition) is 1. The molecule has 1 fully saturated rings. The highest BCUT2D eigenvalue weighted by molar-refractivity contribution is 5.91. The number of aryl methyl sites for hydroxylation is 1. The molecule has 116 valence electrons. The summed E-state index contributed by atoms with van der Waals surface area (Å²) >= 11 is 0. The minimum absolute atomic E-state index is 0.142. The highest BCUT2D eigenvalue weighted by atomic mass is 16.5. The molecular formula is C16H24N2O3. The molecule has 1 aliphatic heterocycles. The van der Waals surface area contributed by atoms with Gasteiger partial charge >= 0.3 is 6.03 Å². The molecule has 0 radical (unpaired) electrons. The van der Waals surface area contributed by atoms with Gasteiger partial charge in [-0.05, 0) is 37.8 Å². The Morgan fingerprint density at radius 3 is 2.95 bits per heavy atom. The fraction of sp³-hybridized carbons (Fsp3) is 0.562. The standard InChI is InChI=1S/C16H24N2O3/c1-12-7-6-9-14(20-3)15(12)17-16(19)18(2)11-13-8-4-5-10-21-13/h6-7,9,13H,4-5,8,10-11H2,1-3H3,(H,17,19). The number of carbonyl (C=O) groups is 1. The number of nitrogens with zero attached hydrogens (tertiary/aromatic N) is 1. The number of methoxy groups -OCH3 is 1. The monoisotopic (exact) mass is 292 g/mol. The van der Waals surface area contributed by atoms with E-state index in [0.29, 0.717) is 12.3 Å². The van der Waals surface area contributed by atoms with Crippen molar-refractivity contribution in [2.75, 3.05) is 32.6 Å². The molecule has 5 heteroatoms. The van der Waals surface area contributed by atoms with Crippen molar-refractivity contribution in [3.05, 3.63) is 23.8 Å². The first-order valence-corrected chi connectivity index (χ1v) is 7.39. The van der Waals surface area contributed by atoms with Crippen LogP contribution in [-0.4, -0.2) is 44.3 Å². The van der Waals surface area contributed by atoms with Crippen LogP contribution in [-0.2, 0) is 4.74 Å². The average Bonchev–Trinajstić information content (AvgIpc) is 2.50. The molecule has 2 rings (SSSR count). The van der Waals surface area contributed by atoms with E-state index in [-0.39, 0.29) is 12.1 Å². The minimum Gasteiger partial charge on any atom is -0.495 e. The number of rotatable bonds is 4. The maximum atomic E-state index is 12.3. The van der Waals surface area contributed by atoms with Crippen molar-refractivity contribution in [3.63, 3.8) is 0 Å². The third kappa shape index (κ3) is 4.11. The van der Waals surface area contributed by atoms with Crippen molar-refractivity contribution in [3.8, 4) is 5.75 Å². The molecule has 0 saturated carbocycles. The Kier molecular flexibility index (Phi) is 5.44. The van der Waals surface area contributed by atoms with Crippen LogP contribution in [0.5, 0.6) is 5.75 Å². The van der Waals surface area contributed by atoms with E-state index in [1.54, 1.807) is 19.1 Å². The lowest BCUT2D eigenvalue weighted by Gasteiger charge is -2.27. The molecule has 1 aliphatic rings. The predicted octanol–water partition coefficient (Wildman–Crippen LogP) is 3.04. The Hall–Kier alpha value is -1.75. The maximum Gasteiger partial charge on any atom is 0.321 e. The van der Waals surface area contributed by atoms with Crippen LogP contribution in [0.25, 0.3) is 0 Å². The first-order valence-electron chi connectivity index (χ1n) is 7.39. The van der Waals surface area contributed by atoms with E-state index >= 15 is 0 Å². The zero-order valence-electron chi connectivity index (χ0n) is 13.0. The lowest BCUT2D eigenvalue weighted by molar-refractivity contribution is 0.00463. The van der Waals surface area contributed by atoms with Gasteiger partial charge in [-0.2, -0.15) is 0 Å². The van der Waals surface area contributed by atoms with Gasteiger partial charge < -0.3 is 19.7 Å². The van der Waals surface area contributed by atoms with Crippen LogP contribution < -0.4 is 10.1 Å². The van der Waals surface area contributed by atoms with E-state index in [2.05, 4.69) is 5.32 Å². The molecule has 1 unspecified atom stereocenters. The van der Waals surface area contributed by atoms with Crippen molar-refractivity contribution in [2.24, 2.45) is 0 Å². The number of anilines is 1. The van der Waals surface area contributed by atoms with Crippen molar-refractivity contribution in [2.45, 2.75) is 32.3 Å². The maximum absolute atomic E-state index is 12.3. The first-order chi connectivity index (χ1) is 10.1. The highest BCUT2D eigenvalue weighted by Gasteiger charge is 2.20. The number of carbonyl (C=O) groups excluding carboxylic acids is 1. The minimum atomic E-state index is -0.142. The lowest BCUT2D eigenvalue weighted by atomic mass is 10.1. The smallest absolute Gasteiger partial charge is 0.321 e. The van der Waals surface area contributed by atoms with E-state index in [9.17, 15) is 4.79 Å². The Bertz CT molecular complexity index is 484. The molecule has 1 saturated heterocycles. The molecule has 0 spiro atoms. The number of amides is 2. The number of para-hydroxylation sites is 1. The second-order valence-electron chi connectivity index (χ2n) is 5.45. The quantitative estimate of drug-likeness (QED) is 0.928. The third-order valence-corrected chi connectivity index (χ3v) is 3.78. The number of urea groups is 1. The molecule has 1 atom stereocenters. The number of likely N-dealkylation sites (N-methyl/N-ethyl adjacent to an activating group) is 1. The largest absolute Gasteiger partial charge is 0.495 e. The third-order valence-electron chi connectivity index (χ3n) is 3.78. The van der Waals surface area contributed by atoms with Crippen LogP contribution in [0.3, 0.4) is 0 Å². The van der Waals surface area contributed by atoms with Crippen LogP contribution in [0, 0.1) is 6.92 Å². The molecule has 1 N–H and O–H groups in total. The van der Waals surface area contributed by atoms with Crippen LogP contribution in [0.4, 0.5) is 10.5 Å². The predicted molar refractivity (Wildman–Crippen MR) is 83.0 cm³/mol. The molecule has 5 nitrogen and oxygen atoms in total. The van der Waals surface area contributed by atoms with E-state index < -0.39 is 0 Å². The summed E-state index contributed by atoms with van der Waals surface area (Å²) < 4.78 is 11.0. The first kappa shape index (κ1) is 15.6. The van der Waals surface area contributed by atoms with Crippen molar-refractivity contribution < 1.29 is 14.3 Å². The highest BCUT2D eigenvalue weighted by Crippen LogP contribution is 2.27. The number of benzene rings is 1. The average molecular weight is 292 g/mol. The Morgan fingerprint density at radius 1 is 1.48 bits per heavy atom. The molecule has 1 aromatic rings. The van der Waals surface area contributed by atoms with Crippen LogP contribution in [0.2, 0.25) is 0 Å². The summed E-state index contributed by atoms with van der Waals surface area (Å²) in [5.41, 5.74) is 1.70. The Balaban J connectivity index is 1.97. The molecule has 0 aliphatic carbocycles. The lowest BCUT2D eigenvalue weighted by Crippen LogP contribution is -2.39. The summed E-state index contributed by atoms with van der Waals surface area (Å²) in [6.45, 7) is 3.36. The molecule has 1 heterocycles. The molecular weight excluding hydrogens is 268 g/mol. The van der Waals surface area contributed by atoms with E-state index in [1.165, 1.54) is 6.42 Å². The van der Waals surface area contributed by atoms with Gasteiger partial charge in [-0.15, -0.1) is 0 Å². The van der Waals surface area contributed by atoms with Gasteiger partial charge in [0.25, 0.3) is 0 Å². The molecule has 0 aromatic heterocycles. The van der Waals surface area contributed by atoms with Crippen molar-refractivity contribution in [1.82, 2.24) is 4.90 Å². The van der Waals surface area contributed by atoms with Gasteiger partial charge in [-0.1, -0.05) is 12.1 Å². The van der Waals surface area contributed by atoms with Gasteiger partial charge in [0.1, 0.15) is 5.75 Å². The number of ether oxygens (including phenoxy) is 2. The number of hydrogen-bond acceptors (Lipinski definition) is 3. The topological polar surface area (TPSA) is 50.8 Å². The van der Waals surface area contributed by atoms with Crippen molar-refractivity contribution in [1.29, 1.82) is 0 Å². The fourth-order valence-corrected chi connectivity index (χ4v) is 2.51. The van der Waals surface area contributed by atoms with Gasteiger partial charge in [-0.3, -0.25) is 0 Å². The van der Waals surface area contributed by atoms with Gasteiger partial charge in [0.2, 0.25) is 0 Å². The second-order valence-corrected chi connectivity index (χ2v) is 5.45. The van der Waals surface area contributed by atoms with Crippen LogP contribution >= 0.6 is 0 Å².